The van der Waals surface area contributed by atoms with Crippen molar-refractivity contribution in [2.75, 3.05) is 18.1 Å². The molecule has 1 aromatic heterocycles. The van der Waals surface area contributed by atoms with Crippen molar-refractivity contribution in [3.05, 3.63) is 33.5 Å². The molecule has 140 valence electrons. The summed E-state index contributed by atoms with van der Waals surface area (Å²) in [6, 6.07) is 4.33. The van der Waals surface area contributed by atoms with E-state index in [0.29, 0.717) is 18.8 Å². The average molecular weight is 380 g/mol. The minimum Gasteiger partial charge on any atom is -0.493 e. The maximum absolute atomic E-state index is 12.4. The van der Waals surface area contributed by atoms with E-state index in [-0.39, 0.29) is 27.9 Å². The van der Waals surface area contributed by atoms with Crippen LogP contribution < -0.4 is 16.0 Å². The van der Waals surface area contributed by atoms with E-state index in [0.717, 1.165) is 6.42 Å². The second-order valence-corrected chi connectivity index (χ2v) is 7.67. The zero-order valence-electron chi connectivity index (χ0n) is 14.5. The van der Waals surface area contributed by atoms with E-state index >= 15 is 0 Å². The van der Waals surface area contributed by atoms with Crippen molar-refractivity contribution in [1.29, 1.82) is 0 Å². The first-order valence-corrected chi connectivity index (χ1v) is 9.72. The van der Waals surface area contributed by atoms with Crippen molar-refractivity contribution >= 4 is 21.3 Å². The molecule has 0 saturated carbocycles. The predicted octanol–water partition coefficient (Wildman–Crippen LogP) is 2.39. The van der Waals surface area contributed by atoms with Crippen LogP contribution in [0.5, 0.6) is 5.75 Å². The maximum Gasteiger partial charge on any atom is 0.282 e. The molecule has 0 aliphatic heterocycles. The zero-order valence-corrected chi connectivity index (χ0v) is 15.3. The Kier molecular flexibility index (Phi) is 6.09. The molecule has 9 nitrogen and oxygen atoms in total. The smallest absolute Gasteiger partial charge is 0.282 e. The van der Waals surface area contributed by atoms with Gasteiger partial charge in [0.25, 0.3) is 5.56 Å². The second-order valence-electron chi connectivity index (χ2n) is 5.56. The van der Waals surface area contributed by atoms with E-state index < -0.39 is 21.1 Å². The Bertz CT molecular complexity index is 969. The van der Waals surface area contributed by atoms with E-state index in [1.54, 1.807) is 6.92 Å². The number of anilines is 1. The van der Waals surface area contributed by atoms with E-state index in [1.165, 1.54) is 18.2 Å². The quantitative estimate of drug-likeness (QED) is 0.669. The molecule has 2 rings (SSSR count). The highest BCUT2D eigenvalue weighted by molar-refractivity contribution is 7.91. The lowest BCUT2D eigenvalue weighted by Gasteiger charge is -2.13. The van der Waals surface area contributed by atoms with Crippen molar-refractivity contribution in [1.82, 2.24) is 9.97 Å². The van der Waals surface area contributed by atoms with Gasteiger partial charge in [0.05, 0.1) is 22.8 Å². The van der Waals surface area contributed by atoms with Crippen LogP contribution in [-0.4, -0.2) is 30.7 Å². The number of ether oxygens (including phenoxy) is 1. The highest BCUT2D eigenvalue weighted by Crippen LogP contribution is 2.31. The molecule has 10 heteroatoms. The number of aromatic nitrogens is 2. The van der Waals surface area contributed by atoms with Crippen molar-refractivity contribution in [3.8, 4) is 17.1 Å². The van der Waals surface area contributed by atoms with Crippen LogP contribution in [0, 0.1) is 4.91 Å². The zero-order chi connectivity index (χ0) is 19.3. The Morgan fingerprint density at radius 3 is 2.58 bits per heavy atom. The summed E-state index contributed by atoms with van der Waals surface area (Å²) < 4.78 is 30.3. The van der Waals surface area contributed by atoms with Crippen LogP contribution in [0.1, 0.15) is 26.7 Å². The van der Waals surface area contributed by atoms with Crippen LogP contribution in [0.15, 0.2) is 33.1 Å². The van der Waals surface area contributed by atoms with Gasteiger partial charge in [-0.1, -0.05) is 13.8 Å². The molecular formula is C16H20N4O5S. The molecule has 0 saturated heterocycles. The molecule has 0 atom stereocenters. The molecular weight excluding hydrogens is 360 g/mol. The van der Waals surface area contributed by atoms with Crippen LogP contribution >= 0.6 is 0 Å². The van der Waals surface area contributed by atoms with Gasteiger partial charge < -0.3 is 15.5 Å². The molecule has 0 unspecified atom stereocenters. The molecule has 0 spiro atoms. The van der Waals surface area contributed by atoms with Gasteiger partial charge in [0.1, 0.15) is 11.6 Å². The Morgan fingerprint density at radius 2 is 2.00 bits per heavy atom. The molecule has 3 N–H and O–H groups in total. The van der Waals surface area contributed by atoms with Crippen LogP contribution in [0.25, 0.3) is 11.4 Å². The first kappa shape index (κ1) is 19.6. The number of sulfone groups is 1. The number of nitrogens with one attached hydrogen (secondary N) is 1. The van der Waals surface area contributed by atoms with Gasteiger partial charge in [-0.15, -0.1) is 4.91 Å². The third kappa shape index (κ3) is 4.07. The molecule has 1 aromatic carbocycles. The second kappa shape index (κ2) is 8.09. The summed E-state index contributed by atoms with van der Waals surface area (Å²) in [5.74, 6) is -0.0139. The molecule has 1 heterocycles. The number of H-pyrrole nitrogens is 1. The summed E-state index contributed by atoms with van der Waals surface area (Å²) >= 11 is 0. The third-order valence-corrected chi connectivity index (χ3v) is 5.43. The standard InChI is InChI=1S/C16H20N4O5S/c1-3-7-25-12-6-5-10(26(23,24)8-4-2)9-11(12)15-18-14(17)13(20-22)16(21)19-15/h5-6,9H,3-4,7-8H2,1-2H3,(H3,17,18,19,21). The first-order valence-electron chi connectivity index (χ1n) is 8.07. The molecule has 26 heavy (non-hydrogen) atoms. The Labute approximate surface area is 150 Å². The van der Waals surface area contributed by atoms with Gasteiger partial charge in [-0.05, 0) is 36.2 Å². The number of nitroso groups, excluding NO2 is 1. The van der Waals surface area contributed by atoms with E-state index in [4.69, 9.17) is 10.5 Å². The van der Waals surface area contributed by atoms with Gasteiger partial charge in [-0.25, -0.2) is 13.4 Å². The van der Waals surface area contributed by atoms with Crippen molar-refractivity contribution in [2.45, 2.75) is 31.6 Å². The molecule has 0 amide bonds. The molecule has 0 bridgehead atoms. The van der Waals surface area contributed by atoms with E-state index in [1.807, 2.05) is 6.92 Å². The number of hydrogen-bond donors (Lipinski definition) is 2. The first-order chi connectivity index (χ1) is 12.3. The van der Waals surface area contributed by atoms with Gasteiger partial charge >= 0.3 is 0 Å². The van der Waals surface area contributed by atoms with Gasteiger partial charge in [0.15, 0.2) is 15.7 Å². The Morgan fingerprint density at radius 1 is 1.27 bits per heavy atom. The summed E-state index contributed by atoms with van der Waals surface area (Å²) in [5, 5.41) is 2.55. The van der Waals surface area contributed by atoms with Crippen LogP contribution in [-0.2, 0) is 9.84 Å². The molecule has 0 fully saturated rings. The summed E-state index contributed by atoms with van der Waals surface area (Å²) in [5.41, 5.74) is 4.53. The number of nitrogen functional groups attached to an aromatic ring is 1. The summed E-state index contributed by atoms with van der Waals surface area (Å²) in [4.78, 5) is 29.1. The number of rotatable bonds is 8. The fraction of sp³-hybridized carbons (Fsp3) is 0.375. The fourth-order valence-corrected chi connectivity index (χ4v) is 3.66. The van der Waals surface area contributed by atoms with Crippen LogP contribution in [0.3, 0.4) is 0 Å². The van der Waals surface area contributed by atoms with Crippen molar-refractivity contribution in [2.24, 2.45) is 5.18 Å². The summed E-state index contributed by atoms with van der Waals surface area (Å²) in [6.07, 6.45) is 1.20. The lowest BCUT2D eigenvalue weighted by molar-refractivity contribution is 0.318. The minimum atomic E-state index is -3.49. The van der Waals surface area contributed by atoms with Crippen molar-refractivity contribution in [3.63, 3.8) is 0 Å². The summed E-state index contributed by atoms with van der Waals surface area (Å²) in [7, 11) is -3.49. The van der Waals surface area contributed by atoms with Crippen LogP contribution in [0.4, 0.5) is 11.5 Å². The van der Waals surface area contributed by atoms with Crippen molar-refractivity contribution < 1.29 is 13.2 Å². The normalized spacial score (nSPS) is 11.3. The van der Waals surface area contributed by atoms with E-state index in [2.05, 4.69) is 15.1 Å². The van der Waals surface area contributed by atoms with Gasteiger partial charge in [0, 0.05) is 0 Å². The molecule has 0 radical (unpaired) electrons. The summed E-state index contributed by atoms with van der Waals surface area (Å²) in [6.45, 7) is 4.08. The maximum atomic E-state index is 12.4. The number of nitrogens with zero attached hydrogens (tertiary/aromatic N) is 2. The highest BCUT2D eigenvalue weighted by Gasteiger charge is 2.19. The number of nitrogens with two attached hydrogens (primary N) is 1. The van der Waals surface area contributed by atoms with Gasteiger partial charge in [-0.3, -0.25) is 4.79 Å². The lowest BCUT2D eigenvalue weighted by atomic mass is 10.2. The van der Waals surface area contributed by atoms with Crippen LogP contribution in [0.2, 0.25) is 0 Å². The molecule has 0 aliphatic carbocycles. The fourth-order valence-electron chi connectivity index (χ4n) is 2.31. The van der Waals surface area contributed by atoms with Gasteiger partial charge in [-0.2, -0.15) is 0 Å². The Hall–Kier alpha value is -2.75. The SMILES string of the molecule is CCCOc1ccc(S(=O)(=O)CCC)cc1-c1nc(N)c(N=O)c(=O)[nH]1. The topological polar surface area (TPSA) is 145 Å². The largest absolute Gasteiger partial charge is 0.493 e. The predicted molar refractivity (Wildman–Crippen MR) is 98.3 cm³/mol. The number of aromatic amines is 1. The monoisotopic (exact) mass is 380 g/mol. The number of hydrogen-bond acceptors (Lipinski definition) is 8. The molecule has 2 aromatic rings. The highest BCUT2D eigenvalue weighted by atomic mass is 32.2. The lowest BCUT2D eigenvalue weighted by Crippen LogP contribution is -2.13. The van der Waals surface area contributed by atoms with E-state index in [9.17, 15) is 18.1 Å². The third-order valence-electron chi connectivity index (χ3n) is 3.51. The average Bonchev–Trinajstić information content (AvgIpc) is 2.59. The minimum absolute atomic E-state index is 0.000415. The Balaban J connectivity index is 2.67. The number of benzene rings is 1. The molecule has 0 aliphatic rings. The van der Waals surface area contributed by atoms with Gasteiger partial charge in [0.2, 0.25) is 5.69 Å².